The minimum atomic E-state index is -0.629. The van der Waals surface area contributed by atoms with Crippen molar-refractivity contribution in [1.29, 1.82) is 0 Å². The molecule has 0 aliphatic carbocycles. The average Bonchev–Trinajstić information content (AvgIpc) is 2.96. The number of esters is 1. The molecule has 4 rings (SSSR count). The molecular weight excluding hydrogens is 768 g/mol. The number of allylic oxidation sites excluding steroid dienone is 1. The van der Waals surface area contributed by atoms with Gasteiger partial charge in [0, 0.05) is 25.8 Å². The van der Waals surface area contributed by atoms with Gasteiger partial charge in [0.1, 0.15) is 18.1 Å². The third-order valence-corrected chi connectivity index (χ3v) is 7.88. The van der Waals surface area contributed by atoms with Gasteiger partial charge in [-0.1, -0.05) is 62.2 Å². The number of rotatable bonds is 11. The van der Waals surface area contributed by atoms with Gasteiger partial charge in [0.15, 0.2) is 11.7 Å². The van der Waals surface area contributed by atoms with Crippen molar-refractivity contribution in [2.75, 3.05) is 13.2 Å². The van der Waals surface area contributed by atoms with Gasteiger partial charge in [0.25, 0.3) is 5.91 Å². The Balaban J connectivity index is 1.43. The van der Waals surface area contributed by atoms with Crippen LogP contribution in [0.15, 0.2) is 90.5 Å². The molecule has 1 heterocycles. The van der Waals surface area contributed by atoms with Crippen LogP contribution in [0.5, 0.6) is 11.5 Å². The first-order valence-corrected chi connectivity index (χ1v) is 15.8. The number of hydrogen-bond donors (Lipinski definition) is 3. The van der Waals surface area contributed by atoms with Crippen molar-refractivity contribution in [3.63, 3.8) is 0 Å². The summed E-state index contributed by atoms with van der Waals surface area (Å²) < 4.78 is 19.7. The number of thiocarbonyl (C=S) groups is 1. The zero-order valence-electron chi connectivity index (χ0n) is 23.1. The van der Waals surface area contributed by atoms with Crippen LogP contribution < -0.4 is 25.5 Å². The van der Waals surface area contributed by atoms with Crippen molar-refractivity contribution in [2.24, 2.45) is 5.10 Å². The molecule has 224 valence electrons. The van der Waals surface area contributed by atoms with Crippen LogP contribution in [0.25, 0.3) is 0 Å². The summed E-state index contributed by atoms with van der Waals surface area (Å²) >= 11 is 15.8. The highest BCUT2D eigenvalue weighted by Gasteiger charge is 2.32. The molecule has 1 aliphatic rings. The molecule has 0 fully saturated rings. The van der Waals surface area contributed by atoms with Gasteiger partial charge in [0.05, 0.1) is 28.9 Å². The molecule has 0 aromatic heterocycles. The minimum absolute atomic E-state index is 0.224. The molecule has 0 saturated carbocycles. The van der Waals surface area contributed by atoms with Crippen LogP contribution in [-0.2, 0) is 20.9 Å². The molecule has 3 N–H and O–H groups in total. The molecule has 0 bridgehead atoms. The van der Waals surface area contributed by atoms with E-state index in [1.54, 1.807) is 32.0 Å². The van der Waals surface area contributed by atoms with Crippen molar-refractivity contribution >= 4 is 83.2 Å². The van der Waals surface area contributed by atoms with E-state index in [9.17, 15) is 9.59 Å². The van der Waals surface area contributed by atoms with Crippen LogP contribution in [0.1, 0.15) is 36.6 Å². The largest absolute Gasteiger partial charge is 0.487 e. The summed E-state index contributed by atoms with van der Waals surface area (Å²) in [6, 6.07) is 18.0. The van der Waals surface area contributed by atoms with Gasteiger partial charge < -0.3 is 24.8 Å². The van der Waals surface area contributed by atoms with Crippen LogP contribution in [0.2, 0.25) is 0 Å². The first kappa shape index (κ1) is 32.6. The Hall–Kier alpha value is -3.26. The second kappa shape index (κ2) is 15.5. The predicted octanol–water partition coefficient (Wildman–Crippen LogP) is 6.44. The van der Waals surface area contributed by atoms with E-state index in [0.29, 0.717) is 45.6 Å². The first-order chi connectivity index (χ1) is 20.7. The second-order valence-corrected chi connectivity index (χ2v) is 12.2. The smallest absolute Gasteiger partial charge is 0.338 e. The van der Waals surface area contributed by atoms with E-state index >= 15 is 0 Å². The Labute approximate surface area is 279 Å². The summed E-state index contributed by atoms with van der Waals surface area (Å²) in [5, 5.41) is 10.5. The number of nitrogens with zero attached hydrogens (tertiary/aromatic N) is 1. The topological polar surface area (TPSA) is 110 Å². The van der Waals surface area contributed by atoms with Crippen molar-refractivity contribution in [3.8, 4) is 11.5 Å². The molecule has 1 aliphatic heterocycles. The lowest BCUT2D eigenvalue weighted by Gasteiger charge is -2.30. The number of hydrazone groups is 1. The number of carbonyl (C=O) groups excluding carboxylic acids is 2. The monoisotopic (exact) mass is 792 g/mol. The molecule has 1 amide bonds. The molecule has 3 aromatic rings. The maximum absolute atomic E-state index is 12.8. The quantitative estimate of drug-likeness (QED) is 0.0882. The average molecular weight is 795 g/mol. The third kappa shape index (κ3) is 8.88. The molecule has 1 atom stereocenters. The van der Waals surface area contributed by atoms with E-state index in [4.69, 9.17) is 26.4 Å². The number of hydrogen-bond acceptors (Lipinski definition) is 7. The molecule has 9 nitrogen and oxygen atoms in total. The maximum Gasteiger partial charge on any atom is 0.338 e. The zero-order valence-corrected chi connectivity index (χ0v) is 28.7. The van der Waals surface area contributed by atoms with Crippen LogP contribution in [-0.4, -0.2) is 36.4 Å². The summed E-state index contributed by atoms with van der Waals surface area (Å²) in [5.41, 5.74) is 5.70. The van der Waals surface area contributed by atoms with Crippen LogP contribution in [0.3, 0.4) is 0 Å². The zero-order chi connectivity index (χ0) is 30.9. The summed E-state index contributed by atoms with van der Waals surface area (Å²) in [6.45, 7) is 3.74. The van der Waals surface area contributed by atoms with Gasteiger partial charge in [-0.15, -0.1) is 0 Å². The normalized spacial score (nSPS) is 14.6. The second-order valence-electron chi connectivity index (χ2n) is 9.13. The molecular formula is C30H27Br3N4O5S. The van der Waals surface area contributed by atoms with E-state index in [0.717, 1.165) is 19.0 Å². The number of ether oxygens (including phenoxy) is 3. The fraction of sp³-hybridized carbons (Fsp3) is 0.200. The molecule has 3 aromatic carbocycles. The van der Waals surface area contributed by atoms with Gasteiger partial charge in [-0.05, 0) is 77.9 Å². The molecule has 0 spiro atoms. The first-order valence-electron chi connectivity index (χ1n) is 13.0. The minimum Gasteiger partial charge on any atom is -0.487 e. The molecule has 0 radical (unpaired) electrons. The lowest BCUT2D eigenvalue weighted by Crippen LogP contribution is -2.45. The van der Waals surface area contributed by atoms with Gasteiger partial charge in [-0.2, -0.15) is 5.10 Å². The Morgan fingerprint density at radius 2 is 1.79 bits per heavy atom. The highest BCUT2D eigenvalue weighted by molar-refractivity contribution is 9.11. The summed E-state index contributed by atoms with van der Waals surface area (Å²) in [4.78, 5) is 25.4. The Kier molecular flexibility index (Phi) is 11.7. The maximum atomic E-state index is 12.8. The molecule has 43 heavy (non-hydrogen) atoms. The standard InChI is InChI=1S/C30H27Br3N4O5S/c1-3-40-29(39)26-17(2)35-30(43)36-27(26)22-6-4-5-7-24(22)41-16-25(38)37-34-14-19-12-21(32)13-23(33)28(19)42-15-18-8-10-20(31)11-9-18/h4-14,27H,3,15-16H2,1-2H3,(H,37,38)(H2,35,36,43)/t27-/m0/s1. The number of nitrogens with one attached hydrogen (secondary N) is 3. The van der Waals surface area contributed by atoms with Crippen molar-refractivity contribution < 1.29 is 23.8 Å². The van der Waals surface area contributed by atoms with E-state index in [1.165, 1.54) is 6.21 Å². The van der Waals surface area contributed by atoms with E-state index in [2.05, 4.69) is 69.0 Å². The third-order valence-electron chi connectivity index (χ3n) is 6.08. The lowest BCUT2D eigenvalue weighted by molar-refractivity contribution is -0.139. The van der Waals surface area contributed by atoms with Crippen molar-refractivity contribution in [2.45, 2.75) is 26.5 Å². The van der Waals surface area contributed by atoms with Gasteiger partial charge in [-0.25, -0.2) is 10.2 Å². The number of amides is 1. The van der Waals surface area contributed by atoms with Gasteiger partial charge in [-0.3, -0.25) is 4.79 Å². The van der Waals surface area contributed by atoms with E-state index in [-0.39, 0.29) is 13.2 Å². The SMILES string of the molecule is CCOC(=O)C1=C(C)NC(=S)N[C@H]1c1ccccc1OCC(=O)NN=Cc1cc(Br)cc(Br)c1OCc1ccc(Br)cc1. The summed E-state index contributed by atoms with van der Waals surface area (Å²) in [7, 11) is 0. The molecule has 0 unspecified atom stereocenters. The Morgan fingerprint density at radius 1 is 1.05 bits per heavy atom. The van der Waals surface area contributed by atoms with Gasteiger partial charge in [0.2, 0.25) is 0 Å². The van der Waals surface area contributed by atoms with Crippen molar-refractivity contribution in [1.82, 2.24) is 16.1 Å². The summed E-state index contributed by atoms with van der Waals surface area (Å²) in [6.07, 6.45) is 1.50. The Morgan fingerprint density at radius 3 is 2.53 bits per heavy atom. The fourth-order valence-electron chi connectivity index (χ4n) is 4.17. The number of carbonyl (C=O) groups is 2. The van der Waals surface area contributed by atoms with E-state index in [1.807, 2.05) is 42.5 Å². The van der Waals surface area contributed by atoms with Crippen molar-refractivity contribution in [3.05, 3.63) is 102 Å². The van der Waals surface area contributed by atoms with Crippen LogP contribution in [0, 0.1) is 0 Å². The van der Waals surface area contributed by atoms with E-state index < -0.39 is 17.9 Å². The molecule has 0 saturated heterocycles. The Bertz CT molecular complexity index is 1580. The van der Waals surface area contributed by atoms with Gasteiger partial charge >= 0.3 is 5.97 Å². The van der Waals surface area contributed by atoms with Crippen LogP contribution >= 0.6 is 60.0 Å². The number of halogens is 3. The summed E-state index contributed by atoms with van der Waals surface area (Å²) in [5.74, 6) is 0.0118. The predicted molar refractivity (Wildman–Crippen MR) is 179 cm³/mol. The molecule has 13 heteroatoms. The number of para-hydroxylation sites is 1. The highest BCUT2D eigenvalue weighted by Crippen LogP contribution is 2.34. The lowest BCUT2D eigenvalue weighted by atomic mass is 9.95. The number of benzene rings is 3. The van der Waals surface area contributed by atoms with Crippen LogP contribution in [0.4, 0.5) is 0 Å². The fourth-order valence-corrected chi connectivity index (χ4v) is 6.08. The highest BCUT2D eigenvalue weighted by atomic mass is 79.9.